The van der Waals surface area contributed by atoms with Crippen molar-refractivity contribution in [3.63, 3.8) is 0 Å². The van der Waals surface area contributed by atoms with Gasteiger partial charge in [-0.25, -0.2) is 4.39 Å². The molecule has 2 aliphatic heterocycles. The van der Waals surface area contributed by atoms with E-state index in [-0.39, 0.29) is 5.41 Å². The summed E-state index contributed by atoms with van der Waals surface area (Å²) >= 11 is 1.74. The zero-order valence-electron chi connectivity index (χ0n) is 9.99. The van der Waals surface area contributed by atoms with Gasteiger partial charge in [-0.2, -0.15) is 11.3 Å². The van der Waals surface area contributed by atoms with Crippen LogP contribution in [0.1, 0.15) is 18.4 Å². The Balaban J connectivity index is 1.64. The molecule has 0 aromatic carbocycles. The van der Waals surface area contributed by atoms with E-state index in [9.17, 15) is 4.39 Å². The number of alkyl halides is 1. The first-order chi connectivity index (χ1) is 8.28. The maximum absolute atomic E-state index is 14.1. The Morgan fingerprint density at radius 1 is 1.59 bits per heavy atom. The summed E-state index contributed by atoms with van der Waals surface area (Å²) in [7, 11) is 0. The van der Waals surface area contributed by atoms with E-state index in [0.717, 1.165) is 39.1 Å². The standard InChI is InChI=1S/C13H19FN2S/c14-12-1-4-15-9-13(12)3-5-16(10-13)7-11-2-6-17-8-11/h2,6,8,12,15H,1,3-5,7,9-10H2/t12-,13+/m0/s1. The number of hydrogen-bond acceptors (Lipinski definition) is 3. The predicted octanol–water partition coefficient (Wildman–Crippen LogP) is 2.27. The highest BCUT2D eigenvalue weighted by atomic mass is 32.1. The summed E-state index contributed by atoms with van der Waals surface area (Å²) in [5.41, 5.74) is 1.26. The van der Waals surface area contributed by atoms with Gasteiger partial charge in [0.1, 0.15) is 6.17 Å². The average molecular weight is 254 g/mol. The van der Waals surface area contributed by atoms with Gasteiger partial charge in [0.25, 0.3) is 0 Å². The molecule has 17 heavy (non-hydrogen) atoms. The maximum Gasteiger partial charge on any atom is 0.109 e. The summed E-state index contributed by atoms with van der Waals surface area (Å²) in [5, 5.41) is 7.67. The molecular formula is C13H19FN2S. The lowest BCUT2D eigenvalue weighted by Gasteiger charge is -2.37. The van der Waals surface area contributed by atoms with Crippen molar-refractivity contribution in [3.8, 4) is 0 Å². The van der Waals surface area contributed by atoms with Crippen molar-refractivity contribution in [2.24, 2.45) is 5.41 Å². The van der Waals surface area contributed by atoms with Gasteiger partial charge in [0.15, 0.2) is 0 Å². The van der Waals surface area contributed by atoms with Crippen LogP contribution in [0.4, 0.5) is 4.39 Å². The van der Waals surface area contributed by atoms with Crippen LogP contribution >= 0.6 is 11.3 Å². The Kier molecular flexibility index (Phi) is 3.19. The first kappa shape index (κ1) is 11.6. The Hall–Kier alpha value is -0.450. The van der Waals surface area contributed by atoms with E-state index >= 15 is 0 Å². The Bertz CT molecular complexity index is 368. The number of nitrogens with one attached hydrogen (secondary N) is 1. The highest BCUT2D eigenvalue weighted by Gasteiger charge is 2.46. The van der Waals surface area contributed by atoms with Gasteiger partial charge in [-0.3, -0.25) is 4.90 Å². The molecule has 0 amide bonds. The molecule has 1 spiro atoms. The number of hydrogen-bond donors (Lipinski definition) is 1. The SMILES string of the molecule is F[C@H]1CCNC[C@@]12CCN(Cc1ccsc1)C2. The molecule has 2 aliphatic rings. The number of nitrogens with zero attached hydrogens (tertiary/aromatic N) is 1. The quantitative estimate of drug-likeness (QED) is 0.871. The van der Waals surface area contributed by atoms with E-state index in [1.54, 1.807) is 11.3 Å². The molecule has 94 valence electrons. The van der Waals surface area contributed by atoms with E-state index in [4.69, 9.17) is 0 Å². The third kappa shape index (κ3) is 2.26. The average Bonchev–Trinajstić information content (AvgIpc) is 2.95. The molecule has 0 bridgehead atoms. The molecule has 1 N–H and O–H groups in total. The van der Waals surface area contributed by atoms with Gasteiger partial charge in [0.2, 0.25) is 0 Å². The minimum Gasteiger partial charge on any atom is -0.316 e. The molecule has 0 radical (unpaired) electrons. The van der Waals surface area contributed by atoms with Crippen molar-refractivity contribution in [1.29, 1.82) is 0 Å². The number of piperidine rings is 1. The van der Waals surface area contributed by atoms with Crippen LogP contribution in [0.2, 0.25) is 0 Å². The summed E-state index contributed by atoms with van der Waals surface area (Å²) in [6.07, 6.45) is 1.08. The molecule has 1 aromatic heterocycles. The topological polar surface area (TPSA) is 15.3 Å². The van der Waals surface area contributed by atoms with Crippen LogP contribution in [0, 0.1) is 5.41 Å². The van der Waals surface area contributed by atoms with Crippen LogP contribution in [-0.2, 0) is 6.54 Å². The molecular weight excluding hydrogens is 235 g/mol. The Morgan fingerprint density at radius 2 is 2.53 bits per heavy atom. The maximum atomic E-state index is 14.1. The molecule has 1 aromatic rings. The largest absolute Gasteiger partial charge is 0.316 e. The summed E-state index contributed by atoms with van der Waals surface area (Å²) < 4.78 is 14.1. The van der Waals surface area contributed by atoms with Crippen molar-refractivity contribution in [2.75, 3.05) is 26.2 Å². The summed E-state index contributed by atoms with van der Waals surface area (Å²) in [5.74, 6) is 0. The monoisotopic (exact) mass is 254 g/mol. The van der Waals surface area contributed by atoms with Crippen LogP contribution in [-0.4, -0.2) is 37.3 Å². The molecule has 2 nitrogen and oxygen atoms in total. The second-order valence-corrected chi connectivity index (χ2v) is 6.17. The summed E-state index contributed by atoms with van der Waals surface area (Å²) in [6.45, 7) is 4.63. The number of thiophene rings is 1. The predicted molar refractivity (Wildman–Crippen MR) is 69.0 cm³/mol. The second-order valence-electron chi connectivity index (χ2n) is 5.39. The summed E-state index contributed by atoms with van der Waals surface area (Å²) in [4.78, 5) is 2.40. The van der Waals surface area contributed by atoms with Gasteiger partial charge in [-0.1, -0.05) is 0 Å². The van der Waals surface area contributed by atoms with E-state index in [0.29, 0.717) is 6.42 Å². The molecule has 2 saturated heterocycles. The second kappa shape index (κ2) is 4.67. The lowest BCUT2D eigenvalue weighted by Crippen LogP contribution is -2.49. The van der Waals surface area contributed by atoms with E-state index in [2.05, 4.69) is 27.0 Å². The zero-order valence-corrected chi connectivity index (χ0v) is 10.8. The highest BCUT2D eigenvalue weighted by molar-refractivity contribution is 7.07. The fraction of sp³-hybridized carbons (Fsp3) is 0.692. The first-order valence-electron chi connectivity index (χ1n) is 6.37. The molecule has 2 atom stereocenters. The zero-order chi connectivity index (χ0) is 11.7. The third-order valence-electron chi connectivity index (χ3n) is 4.17. The Morgan fingerprint density at radius 3 is 3.29 bits per heavy atom. The lowest BCUT2D eigenvalue weighted by molar-refractivity contribution is 0.0748. The van der Waals surface area contributed by atoms with Crippen LogP contribution in [0.25, 0.3) is 0 Å². The Labute approximate surface area is 106 Å². The van der Waals surface area contributed by atoms with Crippen molar-refractivity contribution in [3.05, 3.63) is 22.4 Å². The van der Waals surface area contributed by atoms with Crippen LogP contribution in [0.15, 0.2) is 16.8 Å². The normalized spacial score (nSPS) is 34.5. The van der Waals surface area contributed by atoms with Gasteiger partial charge in [0, 0.05) is 25.0 Å². The minimum absolute atomic E-state index is 0.103. The van der Waals surface area contributed by atoms with Crippen molar-refractivity contribution >= 4 is 11.3 Å². The van der Waals surface area contributed by atoms with Gasteiger partial charge < -0.3 is 5.32 Å². The minimum atomic E-state index is -0.615. The lowest BCUT2D eigenvalue weighted by atomic mass is 9.78. The van der Waals surface area contributed by atoms with Crippen LogP contribution in [0.5, 0.6) is 0 Å². The molecule has 2 fully saturated rings. The van der Waals surface area contributed by atoms with Gasteiger partial charge >= 0.3 is 0 Å². The fourth-order valence-electron chi connectivity index (χ4n) is 3.14. The van der Waals surface area contributed by atoms with E-state index < -0.39 is 6.17 Å². The van der Waals surface area contributed by atoms with Crippen molar-refractivity contribution in [2.45, 2.75) is 25.6 Å². The smallest absolute Gasteiger partial charge is 0.109 e. The summed E-state index contributed by atoms with van der Waals surface area (Å²) in [6, 6.07) is 2.17. The van der Waals surface area contributed by atoms with E-state index in [1.807, 2.05) is 0 Å². The van der Waals surface area contributed by atoms with Gasteiger partial charge in [0.05, 0.1) is 0 Å². The third-order valence-corrected chi connectivity index (χ3v) is 4.90. The van der Waals surface area contributed by atoms with Crippen molar-refractivity contribution in [1.82, 2.24) is 10.2 Å². The molecule has 0 saturated carbocycles. The van der Waals surface area contributed by atoms with E-state index in [1.165, 1.54) is 5.56 Å². The van der Waals surface area contributed by atoms with Crippen LogP contribution in [0.3, 0.4) is 0 Å². The fourth-order valence-corrected chi connectivity index (χ4v) is 3.80. The number of halogens is 1. The number of likely N-dealkylation sites (tertiary alicyclic amines) is 1. The van der Waals surface area contributed by atoms with Gasteiger partial charge in [-0.05, 0) is 48.3 Å². The molecule has 3 heterocycles. The molecule has 0 unspecified atom stereocenters. The molecule has 0 aliphatic carbocycles. The first-order valence-corrected chi connectivity index (χ1v) is 7.31. The van der Waals surface area contributed by atoms with Gasteiger partial charge in [-0.15, -0.1) is 0 Å². The highest BCUT2D eigenvalue weighted by Crippen LogP contribution is 2.39. The van der Waals surface area contributed by atoms with Crippen molar-refractivity contribution < 1.29 is 4.39 Å². The number of rotatable bonds is 2. The van der Waals surface area contributed by atoms with Crippen LogP contribution < -0.4 is 5.32 Å². The molecule has 4 heteroatoms. The molecule has 3 rings (SSSR count).